The van der Waals surface area contributed by atoms with E-state index in [1.165, 1.54) is 62.6 Å². The molecule has 3 aromatic rings. The maximum Gasteiger partial charge on any atom is 0.274 e. The molecule has 3 atom stereocenters. The number of para-hydroxylation sites is 1. The Balaban J connectivity index is 1.86. The van der Waals surface area contributed by atoms with Gasteiger partial charge in [0.25, 0.3) is 15.9 Å². The van der Waals surface area contributed by atoms with Crippen molar-refractivity contribution in [2.75, 3.05) is 46.3 Å². The molecule has 1 fully saturated rings. The molecule has 0 aromatic heterocycles. The van der Waals surface area contributed by atoms with E-state index < -0.39 is 33.6 Å². The van der Waals surface area contributed by atoms with Crippen molar-refractivity contribution in [1.82, 2.24) is 9.80 Å². The van der Waals surface area contributed by atoms with Crippen molar-refractivity contribution in [3.8, 4) is 17.2 Å². The van der Waals surface area contributed by atoms with Gasteiger partial charge in [-0.15, -0.1) is 0 Å². The van der Waals surface area contributed by atoms with Crippen molar-refractivity contribution in [3.63, 3.8) is 0 Å². The van der Waals surface area contributed by atoms with Gasteiger partial charge in [0.05, 0.1) is 39.2 Å². The first-order valence-electron chi connectivity index (χ1n) is 13.3. The van der Waals surface area contributed by atoms with E-state index in [2.05, 4.69) is 0 Å². The van der Waals surface area contributed by atoms with Crippen LogP contribution in [0.3, 0.4) is 0 Å². The average molecular weight is 630 g/mol. The number of benzene rings is 3. The molecular formula is C30H32ClN3O8S. The molecule has 228 valence electrons. The van der Waals surface area contributed by atoms with E-state index in [0.717, 1.165) is 4.31 Å². The highest BCUT2D eigenvalue weighted by Gasteiger charge is 2.64. The van der Waals surface area contributed by atoms with Crippen LogP contribution < -0.4 is 18.5 Å². The number of anilines is 1. The zero-order chi connectivity index (χ0) is 31.3. The number of aliphatic hydroxyl groups excluding tert-OH is 1. The van der Waals surface area contributed by atoms with Gasteiger partial charge in [-0.2, -0.15) is 0 Å². The van der Waals surface area contributed by atoms with E-state index >= 15 is 4.79 Å². The lowest BCUT2D eigenvalue weighted by Gasteiger charge is -2.42. The SMILES string of the molecule is COc1ccc(S(=O)(=O)N2C(=O)C(c3ccccc3OC)(N3C[C@H](O)C[C@H]3C(=O)N(C)C)c3cc(Cl)ccc32)c(OC)c1. The quantitative estimate of drug-likeness (QED) is 0.400. The van der Waals surface area contributed by atoms with E-state index in [1.54, 1.807) is 43.3 Å². The lowest BCUT2D eigenvalue weighted by Crippen LogP contribution is -2.59. The van der Waals surface area contributed by atoms with Gasteiger partial charge in [-0.05, 0) is 42.8 Å². The van der Waals surface area contributed by atoms with Crippen LogP contribution in [-0.4, -0.2) is 89.3 Å². The van der Waals surface area contributed by atoms with Gasteiger partial charge in [-0.1, -0.05) is 29.8 Å². The van der Waals surface area contributed by atoms with Crippen LogP contribution in [-0.2, 0) is 25.2 Å². The van der Waals surface area contributed by atoms with Crippen molar-refractivity contribution in [3.05, 3.63) is 76.8 Å². The second kappa shape index (κ2) is 11.3. The standard InChI is InChI=1S/C30H32ClN3O8S/c1-32(2)28(36)24-15-19(35)17-33(24)30(21-8-6-7-9-25(21)41-4)22-14-18(31)10-12-23(22)34(29(30)37)43(38,39)27-13-11-20(40-3)16-26(27)42-5/h6-14,16,19,24,35H,15,17H2,1-5H3/t19-,24+,30?/m1/s1. The minimum absolute atomic E-state index is 0.0240. The van der Waals surface area contributed by atoms with Crippen LogP contribution in [0, 0.1) is 0 Å². The number of hydrogen-bond donors (Lipinski definition) is 1. The largest absolute Gasteiger partial charge is 0.497 e. The topological polar surface area (TPSA) is 126 Å². The first-order chi connectivity index (χ1) is 20.4. The second-order valence-electron chi connectivity index (χ2n) is 10.5. The van der Waals surface area contributed by atoms with Gasteiger partial charge in [0.15, 0.2) is 5.54 Å². The molecule has 2 amide bonds. The molecule has 5 rings (SSSR count). The summed E-state index contributed by atoms with van der Waals surface area (Å²) in [6.45, 7) is -0.111. The summed E-state index contributed by atoms with van der Waals surface area (Å²) in [7, 11) is 2.70. The van der Waals surface area contributed by atoms with Crippen LogP contribution in [0.5, 0.6) is 17.2 Å². The number of β-amino-alcohol motifs (C(OH)–C–C–N with tert-alkyl or cyclic N) is 1. The monoisotopic (exact) mass is 629 g/mol. The van der Waals surface area contributed by atoms with Crippen molar-refractivity contribution in [2.24, 2.45) is 0 Å². The van der Waals surface area contributed by atoms with E-state index in [4.69, 9.17) is 25.8 Å². The van der Waals surface area contributed by atoms with Gasteiger partial charge in [0, 0.05) is 42.9 Å². The van der Waals surface area contributed by atoms with E-state index in [1.807, 2.05) is 0 Å². The summed E-state index contributed by atoms with van der Waals surface area (Å²) in [5, 5.41) is 11.2. The third-order valence-electron chi connectivity index (χ3n) is 7.88. The van der Waals surface area contributed by atoms with Gasteiger partial charge in [-0.3, -0.25) is 14.5 Å². The number of carbonyl (C=O) groups is 2. The van der Waals surface area contributed by atoms with E-state index in [-0.39, 0.29) is 57.1 Å². The molecule has 43 heavy (non-hydrogen) atoms. The Hall–Kier alpha value is -3.84. The van der Waals surface area contributed by atoms with Crippen LogP contribution in [0.1, 0.15) is 17.5 Å². The molecule has 13 heteroatoms. The molecule has 0 saturated carbocycles. The van der Waals surface area contributed by atoms with Gasteiger partial charge in [-0.25, -0.2) is 12.7 Å². The molecule has 11 nitrogen and oxygen atoms in total. The highest BCUT2D eigenvalue weighted by Crippen LogP contribution is 2.55. The minimum Gasteiger partial charge on any atom is -0.497 e. The zero-order valence-corrected chi connectivity index (χ0v) is 25.8. The molecule has 2 heterocycles. The number of hydrogen-bond acceptors (Lipinski definition) is 9. The molecular weight excluding hydrogens is 598 g/mol. The Bertz CT molecular complexity index is 1700. The minimum atomic E-state index is -4.64. The Morgan fingerprint density at radius 2 is 1.67 bits per heavy atom. The summed E-state index contributed by atoms with van der Waals surface area (Å²) >= 11 is 6.52. The average Bonchev–Trinajstić information content (AvgIpc) is 3.50. The maximum atomic E-state index is 15.2. The number of ether oxygens (including phenoxy) is 3. The molecule has 0 radical (unpaired) electrons. The third-order valence-corrected chi connectivity index (χ3v) is 9.85. The Morgan fingerprint density at radius 1 is 0.977 bits per heavy atom. The highest BCUT2D eigenvalue weighted by atomic mass is 35.5. The van der Waals surface area contributed by atoms with Crippen LogP contribution in [0.4, 0.5) is 5.69 Å². The summed E-state index contributed by atoms with van der Waals surface area (Å²) in [4.78, 5) is 31.4. The lowest BCUT2D eigenvalue weighted by atomic mass is 9.80. The fourth-order valence-electron chi connectivity index (χ4n) is 6.02. The molecule has 1 saturated heterocycles. The highest BCUT2D eigenvalue weighted by molar-refractivity contribution is 7.93. The number of aliphatic hydroxyl groups is 1. The second-order valence-corrected chi connectivity index (χ2v) is 12.6. The number of likely N-dealkylation sites (N-methyl/N-ethyl adjacent to an activating group) is 1. The summed E-state index contributed by atoms with van der Waals surface area (Å²) < 4.78 is 46.1. The number of amides is 2. The van der Waals surface area contributed by atoms with Crippen LogP contribution in [0.25, 0.3) is 0 Å². The number of likely N-dealkylation sites (tertiary alicyclic amines) is 1. The lowest BCUT2D eigenvalue weighted by molar-refractivity contribution is -0.138. The van der Waals surface area contributed by atoms with Crippen molar-refractivity contribution in [1.29, 1.82) is 0 Å². The molecule has 0 spiro atoms. The van der Waals surface area contributed by atoms with Crippen LogP contribution in [0.2, 0.25) is 5.02 Å². The van der Waals surface area contributed by atoms with Crippen LogP contribution in [0.15, 0.2) is 65.6 Å². The van der Waals surface area contributed by atoms with Gasteiger partial charge in [0.2, 0.25) is 5.91 Å². The molecule has 3 aromatic carbocycles. The van der Waals surface area contributed by atoms with Crippen molar-refractivity contribution >= 4 is 39.1 Å². The molecule has 2 aliphatic heterocycles. The summed E-state index contributed by atoms with van der Waals surface area (Å²) in [5.41, 5.74) is -1.39. The normalized spacial score (nSPS) is 21.9. The van der Waals surface area contributed by atoms with Gasteiger partial charge in [0.1, 0.15) is 22.1 Å². The number of halogens is 1. The molecule has 2 aliphatic rings. The Kier molecular flexibility index (Phi) is 8.07. The fourth-order valence-corrected chi connectivity index (χ4v) is 7.80. The Labute approximate surface area is 255 Å². The smallest absolute Gasteiger partial charge is 0.274 e. The predicted octanol–water partition coefficient (Wildman–Crippen LogP) is 2.87. The van der Waals surface area contributed by atoms with Crippen molar-refractivity contribution < 1.29 is 37.3 Å². The fraction of sp³-hybridized carbons (Fsp3) is 0.333. The maximum absolute atomic E-state index is 15.2. The van der Waals surface area contributed by atoms with Gasteiger partial charge >= 0.3 is 0 Å². The molecule has 1 N–H and O–H groups in total. The number of fused-ring (bicyclic) bond motifs is 1. The van der Waals surface area contributed by atoms with Gasteiger partial charge < -0.3 is 24.2 Å². The Morgan fingerprint density at radius 3 is 2.33 bits per heavy atom. The first-order valence-corrected chi connectivity index (χ1v) is 15.2. The molecule has 0 aliphatic carbocycles. The number of carbonyl (C=O) groups excluding carboxylic acids is 2. The number of rotatable bonds is 8. The molecule has 1 unspecified atom stereocenters. The third kappa shape index (κ3) is 4.69. The summed E-state index contributed by atoms with van der Waals surface area (Å²) in [5.74, 6) is -0.650. The molecule has 0 bridgehead atoms. The summed E-state index contributed by atoms with van der Waals surface area (Å²) in [6.07, 6.45) is -0.959. The number of sulfonamides is 1. The van der Waals surface area contributed by atoms with Crippen LogP contribution >= 0.6 is 11.6 Å². The predicted molar refractivity (Wildman–Crippen MR) is 159 cm³/mol. The number of methoxy groups -OCH3 is 3. The number of nitrogens with zero attached hydrogens (tertiary/aromatic N) is 3. The zero-order valence-electron chi connectivity index (χ0n) is 24.3. The summed E-state index contributed by atoms with van der Waals surface area (Å²) in [6, 6.07) is 14.3. The van der Waals surface area contributed by atoms with E-state index in [9.17, 15) is 18.3 Å². The first kappa shape index (κ1) is 30.6. The van der Waals surface area contributed by atoms with Crippen molar-refractivity contribution in [2.45, 2.75) is 29.0 Å². The van der Waals surface area contributed by atoms with E-state index in [0.29, 0.717) is 5.75 Å².